The van der Waals surface area contributed by atoms with Crippen LogP contribution in [0, 0.1) is 6.92 Å². The Morgan fingerprint density at radius 3 is 2.50 bits per heavy atom. The van der Waals surface area contributed by atoms with E-state index in [2.05, 4.69) is 20.1 Å². The van der Waals surface area contributed by atoms with E-state index in [1.165, 1.54) is 12.4 Å². The average Bonchev–Trinajstić information content (AvgIpc) is 2.76. The van der Waals surface area contributed by atoms with Crippen molar-refractivity contribution in [3.63, 3.8) is 0 Å². The molecule has 0 unspecified atom stereocenters. The Bertz CT molecular complexity index is 633. The summed E-state index contributed by atoms with van der Waals surface area (Å²) in [6.45, 7) is 3.62. The van der Waals surface area contributed by atoms with Crippen LogP contribution in [0.15, 0.2) is 22.1 Å². The summed E-state index contributed by atoms with van der Waals surface area (Å²) >= 11 is 0. The minimum atomic E-state index is -3.63. The summed E-state index contributed by atoms with van der Waals surface area (Å²) in [5, 5.41) is 3.37. The third-order valence-electron chi connectivity index (χ3n) is 2.17. The van der Waals surface area contributed by atoms with Crippen LogP contribution in [0.3, 0.4) is 0 Å². The van der Waals surface area contributed by atoms with Crippen LogP contribution in [0.2, 0.25) is 0 Å². The van der Waals surface area contributed by atoms with E-state index < -0.39 is 9.84 Å². The first-order valence-corrected chi connectivity index (χ1v) is 6.99. The van der Waals surface area contributed by atoms with Crippen LogP contribution in [0.25, 0.3) is 0 Å². The van der Waals surface area contributed by atoms with Gasteiger partial charge < -0.3 is 4.52 Å². The Morgan fingerprint density at radius 1 is 1.28 bits per heavy atom. The van der Waals surface area contributed by atoms with Gasteiger partial charge >= 0.3 is 0 Å². The van der Waals surface area contributed by atoms with Crippen LogP contribution in [0.4, 0.5) is 0 Å². The Hall–Kier alpha value is -1.83. The normalized spacial score (nSPS) is 11.7. The molecule has 2 aromatic heterocycles. The lowest BCUT2D eigenvalue weighted by atomic mass is 10.4. The lowest BCUT2D eigenvalue weighted by Gasteiger charge is -1.99. The van der Waals surface area contributed by atoms with Gasteiger partial charge in [0.15, 0.2) is 5.82 Å². The summed E-state index contributed by atoms with van der Waals surface area (Å²) in [5.41, 5.74) is 0.793. The van der Waals surface area contributed by atoms with Crippen LogP contribution < -0.4 is 0 Å². The predicted octanol–water partition coefficient (Wildman–Crippen LogP) is 0.704. The van der Waals surface area contributed by atoms with E-state index in [0.29, 0.717) is 12.3 Å². The fourth-order valence-corrected chi connectivity index (χ4v) is 2.28. The van der Waals surface area contributed by atoms with E-state index in [1.54, 1.807) is 6.92 Å². The second-order valence-corrected chi connectivity index (χ2v) is 5.64. The van der Waals surface area contributed by atoms with Gasteiger partial charge in [-0.05, 0) is 12.5 Å². The number of nitrogens with zero attached hydrogens (tertiary/aromatic N) is 4. The highest BCUT2D eigenvalue weighted by Gasteiger charge is 2.21. The number of aryl methyl sites for hydroxylation is 2. The maximum atomic E-state index is 12.0. The summed E-state index contributed by atoms with van der Waals surface area (Å²) < 4.78 is 28.8. The summed E-state index contributed by atoms with van der Waals surface area (Å²) in [4.78, 5) is 11.5. The topological polar surface area (TPSA) is 98.8 Å². The van der Waals surface area contributed by atoms with Crippen molar-refractivity contribution in [3.8, 4) is 0 Å². The van der Waals surface area contributed by atoms with E-state index in [0.717, 1.165) is 5.56 Å². The average molecular weight is 268 g/mol. The molecule has 2 rings (SSSR count). The molecule has 7 nitrogen and oxygen atoms in total. The maximum absolute atomic E-state index is 12.0. The molecule has 0 aliphatic rings. The van der Waals surface area contributed by atoms with E-state index in [4.69, 9.17) is 4.52 Å². The molecule has 0 atom stereocenters. The zero-order valence-electron chi connectivity index (χ0n) is 9.99. The molecule has 0 N–H and O–H groups in total. The number of hydrogen-bond donors (Lipinski definition) is 0. The van der Waals surface area contributed by atoms with Gasteiger partial charge in [0.05, 0.1) is 0 Å². The molecule has 0 spiro atoms. The minimum Gasteiger partial charge on any atom is -0.339 e. The molecule has 96 valence electrons. The smallest absolute Gasteiger partial charge is 0.247 e. The fourth-order valence-electron chi connectivity index (χ4n) is 1.27. The van der Waals surface area contributed by atoms with Crippen LogP contribution >= 0.6 is 0 Å². The zero-order valence-corrected chi connectivity index (χ0v) is 10.8. The van der Waals surface area contributed by atoms with Crippen molar-refractivity contribution in [2.24, 2.45) is 0 Å². The molecule has 2 heterocycles. The van der Waals surface area contributed by atoms with Crippen LogP contribution in [-0.2, 0) is 22.0 Å². The first-order valence-electron chi connectivity index (χ1n) is 5.34. The van der Waals surface area contributed by atoms with Gasteiger partial charge in [-0.15, -0.1) is 0 Å². The molecule has 2 aromatic rings. The highest BCUT2D eigenvalue weighted by atomic mass is 32.2. The molecule has 0 radical (unpaired) electrons. The number of sulfone groups is 1. The number of hydrogen-bond acceptors (Lipinski definition) is 7. The quantitative estimate of drug-likeness (QED) is 0.752. The van der Waals surface area contributed by atoms with Gasteiger partial charge in [-0.1, -0.05) is 12.1 Å². The van der Waals surface area contributed by atoms with Crippen molar-refractivity contribution < 1.29 is 12.9 Å². The van der Waals surface area contributed by atoms with Crippen molar-refractivity contribution in [3.05, 3.63) is 29.7 Å². The second-order valence-electron chi connectivity index (χ2n) is 3.76. The highest BCUT2D eigenvalue weighted by Crippen LogP contribution is 2.10. The van der Waals surface area contributed by atoms with E-state index in [1.807, 2.05) is 6.92 Å². The van der Waals surface area contributed by atoms with E-state index >= 15 is 0 Å². The highest BCUT2D eigenvalue weighted by molar-refractivity contribution is 7.90. The van der Waals surface area contributed by atoms with Crippen molar-refractivity contribution in [1.29, 1.82) is 0 Å². The molecule has 8 heteroatoms. The Morgan fingerprint density at radius 2 is 1.94 bits per heavy atom. The fraction of sp³-hybridized carbons (Fsp3) is 0.400. The monoisotopic (exact) mass is 268 g/mol. The van der Waals surface area contributed by atoms with Gasteiger partial charge in [-0.25, -0.2) is 18.4 Å². The van der Waals surface area contributed by atoms with Gasteiger partial charge in [0, 0.05) is 18.8 Å². The minimum absolute atomic E-state index is 0.121. The van der Waals surface area contributed by atoms with E-state index in [-0.39, 0.29) is 16.7 Å². The number of rotatable bonds is 4. The first kappa shape index (κ1) is 12.6. The van der Waals surface area contributed by atoms with Crippen LogP contribution in [0.1, 0.15) is 24.2 Å². The Labute approximate surface area is 104 Å². The van der Waals surface area contributed by atoms with Gasteiger partial charge in [0.2, 0.25) is 20.9 Å². The summed E-state index contributed by atoms with van der Waals surface area (Å²) in [6.07, 6.45) is 3.47. The lowest BCUT2D eigenvalue weighted by molar-refractivity contribution is 0.378. The molecule has 0 saturated heterocycles. The second kappa shape index (κ2) is 4.81. The van der Waals surface area contributed by atoms with E-state index in [9.17, 15) is 8.42 Å². The standard InChI is InChI=1S/C10H12N4O3S/c1-3-9-13-8(14-17-9)6-18(15,16)10-11-4-7(2)5-12-10/h4-5H,3,6H2,1-2H3. The number of aromatic nitrogens is 4. The molecule has 18 heavy (non-hydrogen) atoms. The predicted molar refractivity (Wildman–Crippen MR) is 61.3 cm³/mol. The summed E-state index contributed by atoms with van der Waals surface area (Å²) in [6, 6.07) is 0. The zero-order chi connectivity index (χ0) is 13.2. The van der Waals surface area contributed by atoms with Gasteiger partial charge in [-0.2, -0.15) is 4.98 Å². The molecule has 0 saturated carbocycles. The van der Waals surface area contributed by atoms with Gasteiger partial charge in [0.1, 0.15) is 5.75 Å². The molecular formula is C10H12N4O3S. The molecule has 0 aromatic carbocycles. The Kier molecular flexibility index (Phi) is 3.37. The van der Waals surface area contributed by atoms with Crippen molar-refractivity contribution in [2.45, 2.75) is 31.2 Å². The largest absolute Gasteiger partial charge is 0.339 e. The Balaban J connectivity index is 2.24. The van der Waals surface area contributed by atoms with Crippen molar-refractivity contribution >= 4 is 9.84 Å². The van der Waals surface area contributed by atoms with Crippen LogP contribution in [0.5, 0.6) is 0 Å². The molecule has 0 aliphatic carbocycles. The summed E-state index contributed by atoms with van der Waals surface area (Å²) in [7, 11) is -3.63. The van der Waals surface area contributed by atoms with Gasteiger partial charge in [-0.3, -0.25) is 0 Å². The first-order chi connectivity index (χ1) is 8.51. The van der Waals surface area contributed by atoms with Gasteiger partial charge in [0.25, 0.3) is 0 Å². The third kappa shape index (κ3) is 2.70. The summed E-state index contributed by atoms with van der Waals surface area (Å²) in [5.74, 6) is 0.167. The molecule has 0 fully saturated rings. The van der Waals surface area contributed by atoms with Crippen molar-refractivity contribution in [2.75, 3.05) is 0 Å². The molecular weight excluding hydrogens is 256 g/mol. The van der Waals surface area contributed by atoms with Crippen LogP contribution in [-0.4, -0.2) is 28.5 Å². The molecule has 0 amide bonds. The maximum Gasteiger partial charge on any atom is 0.247 e. The SMILES string of the molecule is CCc1nc(CS(=O)(=O)c2ncc(C)cn2)no1. The molecule has 0 bridgehead atoms. The van der Waals surface area contributed by atoms with Crippen molar-refractivity contribution in [1.82, 2.24) is 20.1 Å². The molecule has 0 aliphatic heterocycles. The lowest BCUT2D eigenvalue weighted by Crippen LogP contribution is -2.10. The third-order valence-corrected chi connectivity index (χ3v) is 3.57.